The summed E-state index contributed by atoms with van der Waals surface area (Å²) in [5, 5.41) is 14.5. The summed E-state index contributed by atoms with van der Waals surface area (Å²) >= 11 is 0. The highest BCUT2D eigenvalue weighted by molar-refractivity contribution is 5.79. The van der Waals surface area contributed by atoms with Gasteiger partial charge in [-0.3, -0.25) is 19.8 Å². The van der Waals surface area contributed by atoms with E-state index < -0.39 is 4.92 Å². The average molecular weight is 345 g/mol. The van der Waals surface area contributed by atoms with E-state index >= 15 is 0 Å². The first-order valence-electron chi connectivity index (χ1n) is 8.04. The minimum absolute atomic E-state index is 0.0292. The number of amides is 1. The van der Waals surface area contributed by atoms with Gasteiger partial charge in [0.05, 0.1) is 17.9 Å². The number of carbonyl (C=O) groups excluding carboxylic acids is 1. The zero-order valence-corrected chi connectivity index (χ0v) is 13.9. The van der Waals surface area contributed by atoms with Crippen LogP contribution in [0.15, 0.2) is 28.8 Å². The molecule has 1 aliphatic rings. The van der Waals surface area contributed by atoms with Crippen LogP contribution in [0.5, 0.6) is 0 Å². The first-order chi connectivity index (χ1) is 12.0. The molecule has 1 aliphatic heterocycles. The van der Waals surface area contributed by atoms with Gasteiger partial charge in [-0.2, -0.15) is 4.98 Å². The fourth-order valence-electron chi connectivity index (χ4n) is 2.78. The molecule has 0 aliphatic carbocycles. The number of hydrogen-bond acceptors (Lipinski definition) is 7. The maximum atomic E-state index is 12.4. The maximum absolute atomic E-state index is 12.4. The molecule has 3 rings (SSSR count). The Kier molecular flexibility index (Phi) is 5.03. The second-order valence-electron chi connectivity index (χ2n) is 5.99. The number of hydrogen-bond donors (Lipinski definition) is 0. The van der Waals surface area contributed by atoms with E-state index in [-0.39, 0.29) is 18.0 Å². The molecule has 0 unspecified atom stereocenters. The number of non-ortho nitro benzene ring substituents is 1. The molecule has 0 saturated carbocycles. The molecule has 0 bridgehead atoms. The maximum Gasteiger partial charge on any atom is 0.269 e. The highest BCUT2D eigenvalue weighted by atomic mass is 16.6. The van der Waals surface area contributed by atoms with Gasteiger partial charge in [0.15, 0.2) is 5.82 Å². The zero-order chi connectivity index (χ0) is 17.8. The van der Waals surface area contributed by atoms with Gasteiger partial charge in [-0.25, -0.2) is 0 Å². The molecule has 1 amide bonds. The molecule has 25 heavy (non-hydrogen) atoms. The predicted octanol–water partition coefficient (Wildman–Crippen LogP) is 1.17. The Hall–Kier alpha value is -2.81. The molecule has 2 heterocycles. The summed E-state index contributed by atoms with van der Waals surface area (Å²) in [6.45, 7) is 5.15. The second kappa shape index (κ2) is 7.39. The van der Waals surface area contributed by atoms with E-state index in [2.05, 4.69) is 15.0 Å². The molecular formula is C16H19N5O4. The Balaban J connectivity index is 1.48. The van der Waals surface area contributed by atoms with Gasteiger partial charge in [0.1, 0.15) is 0 Å². The van der Waals surface area contributed by atoms with Gasteiger partial charge in [0.25, 0.3) is 5.69 Å². The Morgan fingerprint density at radius 1 is 1.24 bits per heavy atom. The van der Waals surface area contributed by atoms with E-state index in [1.54, 1.807) is 19.1 Å². The number of benzene rings is 1. The molecule has 1 fully saturated rings. The fraction of sp³-hybridized carbons (Fsp3) is 0.438. The van der Waals surface area contributed by atoms with Crippen LogP contribution in [0.3, 0.4) is 0 Å². The van der Waals surface area contributed by atoms with E-state index in [9.17, 15) is 14.9 Å². The summed E-state index contributed by atoms with van der Waals surface area (Å²) in [7, 11) is 0. The summed E-state index contributed by atoms with van der Waals surface area (Å²) in [5.74, 6) is 1.24. The lowest BCUT2D eigenvalue weighted by molar-refractivity contribution is -0.384. The van der Waals surface area contributed by atoms with Crippen molar-refractivity contribution >= 4 is 11.6 Å². The van der Waals surface area contributed by atoms with E-state index in [0.29, 0.717) is 31.3 Å². The van der Waals surface area contributed by atoms with Gasteiger partial charge in [0, 0.05) is 45.2 Å². The molecule has 1 aromatic heterocycles. The van der Waals surface area contributed by atoms with Crippen molar-refractivity contribution in [2.24, 2.45) is 0 Å². The van der Waals surface area contributed by atoms with Crippen LogP contribution in [-0.4, -0.2) is 56.9 Å². The summed E-state index contributed by atoms with van der Waals surface area (Å²) in [6.07, 6.45) is 0.252. The van der Waals surface area contributed by atoms with Crippen LogP contribution in [0.25, 0.3) is 0 Å². The number of aromatic nitrogens is 2. The summed E-state index contributed by atoms with van der Waals surface area (Å²) in [4.78, 5) is 30.8. The molecule has 2 aromatic rings. The van der Waals surface area contributed by atoms with Crippen LogP contribution in [0.4, 0.5) is 5.69 Å². The van der Waals surface area contributed by atoms with Gasteiger partial charge in [-0.15, -0.1) is 0 Å². The monoisotopic (exact) mass is 345 g/mol. The number of aryl methyl sites for hydroxylation is 1. The van der Waals surface area contributed by atoms with Crippen LogP contribution in [0, 0.1) is 17.0 Å². The van der Waals surface area contributed by atoms with Crippen molar-refractivity contribution in [3.63, 3.8) is 0 Å². The van der Waals surface area contributed by atoms with E-state index in [1.807, 2.05) is 4.90 Å². The second-order valence-corrected chi connectivity index (χ2v) is 5.99. The topological polar surface area (TPSA) is 106 Å². The Morgan fingerprint density at radius 3 is 2.48 bits per heavy atom. The van der Waals surface area contributed by atoms with Crippen molar-refractivity contribution in [3.05, 3.63) is 51.7 Å². The molecule has 0 atom stereocenters. The third kappa shape index (κ3) is 4.38. The molecule has 9 nitrogen and oxygen atoms in total. The SMILES string of the molecule is Cc1nc(CN2CCN(C(=O)Cc3ccc([N+](=O)[O-])cc3)CC2)no1. The third-order valence-corrected chi connectivity index (χ3v) is 4.16. The minimum Gasteiger partial charge on any atom is -0.340 e. The number of carbonyl (C=O) groups is 1. The number of nitro benzene ring substituents is 1. The molecule has 0 spiro atoms. The predicted molar refractivity (Wildman–Crippen MR) is 87.7 cm³/mol. The quantitative estimate of drug-likeness (QED) is 0.591. The molecular weight excluding hydrogens is 326 g/mol. The van der Waals surface area contributed by atoms with Gasteiger partial charge < -0.3 is 9.42 Å². The smallest absolute Gasteiger partial charge is 0.269 e. The molecule has 1 aromatic carbocycles. The van der Waals surface area contributed by atoms with Crippen molar-refractivity contribution in [1.82, 2.24) is 19.9 Å². The van der Waals surface area contributed by atoms with Crippen molar-refractivity contribution in [1.29, 1.82) is 0 Å². The molecule has 0 radical (unpaired) electrons. The number of nitro groups is 1. The van der Waals surface area contributed by atoms with Crippen molar-refractivity contribution in [2.75, 3.05) is 26.2 Å². The van der Waals surface area contributed by atoms with E-state index in [1.165, 1.54) is 12.1 Å². The first kappa shape index (κ1) is 17.0. The molecule has 1 saturated heterocycles. The van der Waals surface area contributed by atoms with Gasteiger partial charge in [-0.1, -0.05) is 17.3 Å². The van der Waals surface area contributed by atoms with Gasteiger partial charge >= 0.3 is 0 Å². The summed E-state index contributed by atoms with van der Waals surface area (Å²) in [5.41, 5.74) is 0.807. The highest BCUT2D eigenvalue weighted by Gasteiger charge is 2.22. The minimum atomic E-state index is -0.448. The lowest BCUT2D eigenvalue weighted by atomic mass is 10.1. The third-order valence-electron chi connectivity index (χ3n) is 4.16. The van der Waals surface area contributed by atoms with E-state index in [0.717, 1.165) is 18.7 Å². The molecule has 132 valence electrons. The van der Waals surface area contributed by atoms with Gasteiger partial charge in [-0.05, 0) is 5.56 Å². The summed E-state index contributed by atoms with van der Waals surface area (Å²) < 4.78 is 4.96. The number of nitrogens with zero attached hydrogens (tertiary/aromatic N) is 5. The Morgan fingerprint density at radius 2 is 1.92 bits per heavy atom. The van der Waals surface area contributed by atoms with Crippen LogP contribution >= 0.6 is 0 Å². The normalized spacial score (nSPS) is 15.3. The average Bonchev–Trinajstić information content (AvgIpc) is 3.01. The Bertz CT molecular complexity index is 750. The van der Waals surface area contributed by atoms with Crippen LogP contribution in [0.2, 0.25) is 0 Å². The zero-order valence-electron chi connectivity index (χ0n) is 13.9. The van der Waals surface area contributed by atoms with Crippen molar-refractivity contribution in [2.45, 2.75) is 19.9 Å². The van der Waals surface area contributed by atoms with E-state index in [4.69, 9.17) is 4.52 Å². The lowest BCUT2D eigenvalue weighted by Gasteiger charge is -2.34. The molecule has 9 heteroatoms. The first-order valence-corrected chi connectivity index (χ1v) is 8.04. The van der Waals surface area contributed by atoms with Crippen LogP contribution in [0.1, 0.15) is 17.3 Å². The Labute approximate surface area is 144 Å². The van der Waals surface area contributed by atoms with Crippen LogP contribution < -0.4 is 0 Å². The largest absolute Gasteiger partial charge is 0.340 e. The lowest BCUT2D eigenvalue weighted by Crippen LogP contribution is -2.48. The fourth-order valence-corrected chi connectivity index (χ4v) is 2.78. The number of rotatable bonds is 5. The van der Waals surface area contributed by atoms with Crippen molar-refractivity contribution in [3.8, 4) is 0 Å². The van der Waals surface area contributed by atoms with Crippen molar-refractivity contribution < 1.29 is 14.2 Å². The number of piperazine rings is 1. The summed E-state index contributed by atoms with van der Waals surface area (Å²) in [6, 6.07) is 6.11. The highest BCUT2D eigenvalue weighted by Crippen LogP contribution is 2.14. The van der Waals surface area contributed by atoms with Gasteiger partial charge in [0.2, 0.25) is 11.8 Å². The molecule has 0 N–H and O–H groups in total. The van der Waals surface area contributed by atoms with Crippen LogP contribution in [-0.2, 0) is 17.8 Å². The standard InChI is InChI=1S/C16H19N5O4/c1-12-17-15(18-25-12)11-19-6-8-20(9-7-19)16(22)10-13-2-4-14(5-3-13)21(23)24/h2-5H,6-11H2,1H3.